The number of rotatable bonds is 4. The molecule has 0 radical (unpaired) electrons. The first kappa shape index (κ1) is 18.0. The van der Waals surface area contributed by atoms with Crippen molar-refractivity contribution in [3.05, 3.63) is 52.3 Å². The van der Waals surface area contributed by atoms with Crippen molar-refractivity contribution in [2.45, 2.75) is 12.6 Å². The van der Waals surface area contributed by atoms with Crippen LogP contribution in [0.15, 0.2) is 47.5 Å². The fraction of sp³-hybridized carbons (Fsp3) is 0.263. The molecule has 0 bridgehead atoms. The normalized spacial score (nSPS) is 16.7. The molecule has 1 aliphatic rings. The van der Waals surface area contributed by atoms with E-state index in [1.807, 2.05) is 41.0 Å². The lowest BCUT2D eigenvalue weighted by Crippen LogP contribution is -2.37. The van der Waals surface area contributed by atoms with E-state index in [1.165, 1.54) is 11.3 Å². The second-order valence-electron chi connectivity index (χ2n) is 5.96. The van der Waals surface area contributed by atoms with Gasteiger partial charge in [0.05, 0.1) is 16.8 Å². The number of fused-ring (bicyclic) bond motifs is 2. The number of para-hydroxylation sites is 2. The van der Waals surface area contributed by atoms with Gasteiger partial charge in [0.2, 0.25) is 6.10 Å². The average Bonchev–Trinajstić information content (AvgIpc) is 3.01. The van der Waals surface area contributed by atoms with Crippen molar-refractivity contribution in [3.8, 4) is 11.5 Å². The predicted molar refractivity (Wildman–Crippen MR) is 104 cm³/mol. The highest BCUT2D eigenvalue weighted by Gasteiger charge is 2.27. The lowest BCUT2D eigenvalue weighted by molar-refractivity contribution is -0.127. The van der Waals surface area contributed by atoms with Gasteiger partial charge in [0, 0.05) is 18.7 Å². The minimum atomic E-state index is -0.774. The van der Waals surface area contributed by atoms with Crippen molar-refractivity contribution in [1.29, 1.82) is 0 Å². The second-order valence-corrected chi connectivity index (χ2v) is 7.40. The molecule has 4 rings (SSSR count). The summed E-state index contributed by atoms with van der Waals surface area (Å²) in [5.41, 5.74) is 0.958. The summed E-state index contributed by atoms with van der Waals surface area (Å²) in [6.07, 6.45) is -0.774. The molecular weight excluding hydrogens is 388 g/mol. The predicted octanol–water partition coefficient (Wildman–Crippen LogP) is 3.27. The average molecular weight is 405 g/mol. The summed E-state index contributed by atoms with van der Waals surface area (Å²) in [4.78, 5) is 17.6. The Bertz CT molecular complexity index is 1060. The van der Waals surface area contributed by atoms with Crippen LogP contribution in [0.3, 0.4) is 0 Å². The number of thiazole rings is 1. The van der Waals surface area contributed by atoms with Gasteiger partial charge in [-0.2, -0.15) is 4.99 Å². The highest BCUT2D eigenvalue weighted by Crippen LogP contribution is 2.31. The van der Waals surface area contributed by atoms with E-state index >= 15 is 0 Å². The van der Waals surface area contributed by atoms with E-state index in [4.69, 9.17) is 25.8 Å². The molecule has 1 aliphatic heterocycles. The summed E-state index contributed by atoms with van der Waals surface area (Å²) in [6, 6.07) is 12.9. The smallest absolute Gasteiger partial charge is 0.292 e. The van der Waals surface area contributed by atoms with Crippen LogP contribution in [0.5, 0.6) is 11.5 Å². The number of amides is 1. The quantitative estimate of drug-likeness (QED) is 0.669. The highest BCUT2D eigenvalue weighted by atomic mass is 35.5. The van der Waals surface area contributed by atoms with Crippen LogP contribution >= 0.6 is 22.9 Å². The molecule has 0 fully saturated rings. The summed E-state index contributed by atoms with van der Waals surface area (Å²) in [5.74, 6) is 0.800. The van der Waals surface area contributed by atoms with Gasteiger partial charge in [-0.3, -0.25) is 4.79 Å². The first-order valence-electron chi connectivity index (χ1n) is 8.40. The fourth-order valence-electron chi connectivity index (χ4n) is 2.84. The Hall–Kier alpha value is -2.35. The molecule has 0 spiro atoms. The molecule has 2 heterocycles. The van der Waals surface area contributed by atoms with Crippen LogP contribution < -0.4 is 14.3 Å². The number of methoxy groups -OCH3 is 1. The zero-order chi connectivity index (χ0) is 18.8. The molecule has 2 aromatic carbocycles. The van der Waals surface area contributed by atoms with Crippen molar-refractivity contribution in [2.75, 3.05) is 20.3 Å². The number of hydrogen-bond donors (Lipinski definition) is 0. The van der Waals surface area contributed by atoms with E-state index in [9.17, 15) is 4.79 Å². The Morgan fingerprint density at radius 1 is 1.33 bits per heavy atom. The number of carbonyl (C=O) groups excluding carboxylic acids is 1. The van der Waals surface area contributed by atoms with E-state index in [0.717, 1.165) is 10.2 Å². The lowest BCUT2D eigenvalue weighted by atomic mass is 10.2. The summed E-state index contributed by atoms with van der Waals surface area (Å²) >= 11 is 7.50. The van der Waals surface area contributed by atoms with Gasteiger partial charge in [-0.25, -0.2) is 0 Å². The van der Waals surface area contributed by atoms with Crippen LogP contribution in [0.25, 0.3) is 10.2 Å². The van der Waals surface area contributed by atoms with Gasteiger partial charge >= 0.3 is 0 Å². The number of hydrogen-bond acceptors (Lipinski definition) is 5. The number of aromatic nitrogens is 1. The Morgan fingerprint density at radius 2 is 2.15 bits per heavy atom. The second kappa shape index (κ2) is 7.72. The van der Waals surface area contributed by atoms with E-state index in [1.54, 1.807) is 13.2 Å². The molecule has 3 aromatic rings. The zero-order valence-corrected chi connectivity index (χ0v) is 16.1. The Kier molecular flexibility index (Phi) is 5.15. The molecule has 0 aliphatic carbocycles. The number of ether oxygens (including phenoxy) is 3. The van der Waals surface area contributed by atoms with Crippen LogP contribution in [0, 0.1) is 0 Å². The van der Waals surface area contributed by atoms with Crippen LogP contribution in [-0.4, -0.2) is 36.9 Å². The van der Waals surface area contributed by atoms with E-state index in [0.29, 0.717) is 34.5 Å². The lowest BCUT2D eigenvalue weighted by Gasteiger charge is -2.23. The first-order valence-corrected chi connectivity index (χ1v) is 9.60. The Balaban J connectivity index is 1.68. The van der Waals surface area contributed by atoms with Gasteiger partial charge in [0.1, 0.15) is 6.61 Å². The van der Waals surface area contributed by atoms with E-state index in [-0.39, 0.29) is 12.5 Å². The molecule has 27 heavy (non-hydrogen) atoms. The molecule has 1 amide bonds. The molecular formula is C19H17ClN2O4S. The molecule has 1 atom stereocenters. The Morgan fingerprint density at radius 3 is 2.96 bits per heavy atom. The van der Waals surface area contributed by atoms with Crippen LogP contribution in [0.2, 0.25) is 5.02 Å². The third-order valence-corrected chi connectivity index (χ3v) is 5.43. The zero-order valence-electron chi connectivity index (χ0n) is 14.6. The standard InChI is InChI=1S/C19H17ClN2O4S/c1-24-9-8-22-13-7-6-12(20)10-17(13)27-19(22)21-18(23)16-11-25-14-4-2-3-5-15(14)26-16/h2-7,10,16H,8-9,11H2,1H3. The maximum atomic E-state index is 12.7. The summed E-state index contributed by atoms with van der Waals surface area (Å²) in [6.45, 7) is 1.22. The summed E-state index contributed by atoms with van der Waals surface area (Å²) in [7, 11) is 1.64. The number of benzene rings is 2. The molecule has 1 aromatic heterocycles. The molecule has 6 nitrogen and oxygen atoms in total. The molecule has 0 saturated heterocycles. The third-order valence-electron chi connectivity index (χ3n) is 4.15. The van der Waals surface area contributed by atoms with Gasteiger partial charge in [0.25, 0.3) is 5.91 Å². The van der Waals surface area contributed by atoms with Gasteiger partial charge < -0.3 is 18.8 Å². The van der Waals surface area contributed by atoms with Crippen molar-refractivity contribution in [1.82, 2.24) is 4.57 Å². The molecule has 1 unspecified atom stereocenters. The highest BCUT2D eigenvalue weighted by molar-refractivity contribution is 7.16. The minimum absolute atomic E-state index is 0.133. The summed E-state index contributed by atoms with van der Waals surface area (Å²) < 4.78 is 19.5. The van der Waals surface area contributed by atoms with Gasteiger partial charge in [0.15, 0.2) is 16.3 Å². The first-order chi connectivity index (χ1) is 13.2. The summed E-state index contributed by atoms with van der Waals surface area (Å²) in [5, 5.41) is 0.640. The van der Waals surface area contributed by atoms with Crippen LogP contribution in [0.1, 0.15) is 0 Å². The number of carbonyl (C=O) groups is 1. The monoisotopic (exact) mass is 404 g/mol. The topological polar surface area (TPSA) is 62.1 Å². The number of halogens is 1. The third kappa shape index (κ3) is 3.71. The van der Waals surface area contributed by atoms with Gasteiger partial charge in [-0.05, 0) is 30.3 Å². The molecule has 0 N–H and O–H groups in total. The van der Waals surface area contributed by atoms with Gasteiger partial charge in [-0.1, -0.05) is 35.1 Å². The van der Waals surface area contributed by atoms with Crippen molar-refractivity contribution in [3.63, 3.8) is 0 Å². The number of nitrogens with zero attached hydrogens (tertiary/aromatic N) is 2. The van der Waals surface area contributed by atoms with Crippen molar-refractivity contribution < 1.29 is 19.0 Å². The largest absolute Gasteiger partial charge is 0.485 e. The SMILES string of the molecule is COCCn1c(=NC(=O)C2COc3ccccc3O2)sc2cc(Cl)ccc21. The van der Waals surface area contributed by atoms with Gasteiger partial charge in [-0.15, -0.1) is 0 Å². The molecule has 140 valence electrons. The van der Waals surface area contributed by atoms with E-state index < -0.39 is 6.10 Å². The fourth-order valence-corrected chi connectivity index (χ4v) is 4.18. The van der Waals surface area contributed by atoms with Crippen molar-refractivity contribution >= 4 is 39.1 Å². The molecule has 8 heteroatoms. The maximum absolute atomic E-state index is 12.7. The Labute approximate surface area is 164 Å². The van der Waals surface area contributed by atoms with E-state index in [2.05, 4.69) is 4.99 Å². The minimum Gasteiger partial charge on any atom is -0.485 e. The van der Waals surface area contributed by atoms with Crippen LogP contribution in [-0.2, 0) is 16.1 Å². The molecule has 0 saturated carbocycles. The van der Waals surface area contributed by atoms with Crippen molar-refractivity contribution in [2.24, 2.45) is 4.99 Å². The maximum Gasteiger partial charge on any atom is 0.292 e. The van der Waals surface area contributed by atoms with Crippen LogP contribution in [0.4, 0.5) is 0 Å².